The van der Waals surface area contributed by atoms with Crippen LogP contribution in [0.25, 0.3) is 0 Å². The third-order valence-corrected chi connectivity index (χ3v) is 2.58. The van der Waals surface area contributed by atoms with Gasteiger partial charge >= 0.3 is 0 Å². The molecule has 0 fully saturated rings. The van der Waals surface area contributed by atoms with Crippen LogP contribution < -0.4 is 5.32 Å². The summed E-state index contributed by atoms with van der Waals surface area (Å²) in [6.07, 6.45) is 8.57. The molecule has 0 radical (unpaired) electrons. The predicted molar refractivity (Wildman–Crippen MR) is 61.0 cm³/mol. The van der Waals surface area contributed by atoms with E-state index in [1.54, 1.807) is 0 Å². The first-order chi connectivity index (χ1) is 7.45. The van der Waals surface area contributed by atoms with Crippen LogP contribution >= 0.6 is 0 Å². The van der Waals surface area contributed by atoms with Gasteiger partial charge in [-0.05, 0) is 25.3 Å². The molecule has 1 aliphatic heterocycles. The molecule has 82 valence electrons. The lowest BCUT2D eigenvalue weighted by molar-refractivity contribution is 0.569. The van der Waals surface area contributed by atoms with Gasteiger partial charge in [0.25, 0.3) is 0 Å². The van der Waals surface area contributed by atoms with Crippen molar-refractivity contribution < 1.29 is 0 Å². The van der Waals surface area contributed by atoms with E-state index >= 15 is 0 Å². The summed E-state index contributed by atoms with van der Waals surface area (Å²) < 4.78 is 1.96. The number of amidine groups is 1. The topological polar surface area (TPSA) is 42.2 Å². The van der Waals surface area contributed by atoms with Crippen LogP contribution in [-0.2, 0) is 6.54 Å². The molecule has 15 heavy (non-hydrogen) atoms. The summed E-state index contributed by atoms with van der Waals surface area (Å²) in [5.74, 6) is 1.20. The molecule has 1 aliphatic rings. The van der Waals surface area contributed by atoms with Gasteiger partial charge < -0.3 is 5.32 Å². The molecule has 0 amide bonds. The highest BCUT2D eigenvalue weighted by molar-refractivity contribution is 5.82. The Kier molecular flexibility index (Phi) is 3.77. The second-order valence-electron chi connectivity index (χ2n) is 3.83. The quantitative estimate of drug-likeness (QED) is 0.757. The Morgan fingerprint density at radius 1 is 1.40 bits per heavy atom. The average Bonchev–Trinajstić information content (AvgIpc) is 2.79. The Morgan fingerprint density at radius 3 is 3.13 bits per heavy atom. The smallest absolute Gasteiger partial charge is 0.0963 e. The maximum Gasteiger partial charge on any atom is 0.0963 e. The third kappa shape index (κ3) is 3.38. The van der Waals surface area contributed by atoms with Crippen LogP contribution in [0.1, 0.15) is 25.7 Å². The summed E-state index contributed by atoms with van der Waals surface area (Å²) in [4.78, 5) is 4.45. The van der Waals surface area contributed by atoms with Crippen molar-refractivity contribution in [2.24, 2.45) is 4.99 Å². The first-order valence-electron chi connectivity index (χ1n) is 5.70. The normalized spacial score (nSPS) is 16.1. The predicted octanol–water partition coefficient (Wildman–Crippen LogP) is 1.45. The number of rotatable bonds is 4. The van der Waals surface area contributed by atoms with Crippen LogP contribution in [-0.4, -0.2) is 28.7 Å². The molecular weight excluding hydrogens is 188 g/mol. The lowest BCUT2D eigenvalue weighted by Crippen LogP contribution is -2.27. The van der Waals surface area contributed by atoms with Gasteiger partial charge in [0.2, 0.25) is 0 Å². The van der Waals surface area contributed by atoms with Crippen LogP contribution in [0, 0.1) is 0 Å². The fourth-order valence-corrected chi connectivity index (χ4v) is 1.75. The summed E-state index contributed by atoms with van der Waals surface area (Å²) in [6, 6.07) is 1.96. The van der Waals surface area contributed by atoms with Crippen molar-refractivity contribution in [3.63, 3.8) is 0 Å². The van der Waals surface area contributed by atoms with Gasteiger partial charge in [0, 0.05) is 38.4 Å². The molecule has 0 bridgehead atoms. The van der Waals surface area contributed by atoms with E-state index in [0.717, 1.165) is 32.5 Å². The van der Waals surface area contributed by atoms with Gasteiger partial charge in [0.15, 0.2) is 0 Å². The molecule has 0 saturated heterocycles. The zero-order valence-corrected chi connectivity index (χ0v) is 9.02. The number of hydrogen-bond donors (Lipinski definition) is 1. The maximum absolute atomic E-state index is 4.45. The fraction of sp³-hybridized carbons (Fsp3) is 0.636. The van der Waals surface area contributed by atoms with Crippen molar-refractivity contribution in [3.8, 4) is 0 Å². The molecule has 1 N–H and O–H groups in total. The van der Waals surface area contributed by atoms with E-state index in [1.807, 2.05) is 23.1 Å². The molecule has 1 aromatic heterocycles. The molecule has 0 atom stereocenters. The number of nitrogens with one attached hydrogen (secondary N) is 1. The highest BCUT2D eigenvalue weighted by atomic mass is 15.3. The minimum absolute atomic E-state index is 0.979. The van der Waals surface area contributed by atoms with E-state index in [-0.39, 0.29) is 0 Å². The molecule has 1 aromatic rings. The van der Waals surface area contributed by atoms with E-state index in [4.69, 9.17) is 0 Å². The second kappa shape index (κ2) is 5.53. The van der Waals surface area contributed by atoms with Gasteiger partial charge in [-0.3, -0.25) is 9.67 Å². The van der Waals surface area contributed by atoms with E-state index in [9.17, 15) is 0 Å². The minimum atomic E-state index is 0.979. The summed E-state index contributed by atoms with van der Waals surface area (Å²) >= 11 is 0. The largest absolute Gasteiger partial charge is 0.374 e. The van der Waals surface area contributed by atoms with Crippen LogP contribution in [0.4, 0.5) is 0 Å². The monoisotopic (exact) mass is 206 g/mol. The molecule has 2 heterocycles. The van der Waals surface area contributed by atoms with Gasteiger partial charge in [-0.2, -0.15) is 5.10 Å². The first-order valence-corrected chi connectivity index (χ1v) is 5.70. The molecule has 0 saturated carbocycles. The molecule has 0 aromatic carbocycles. The van der Waals surface area contributed by atoms with Crippen molar-refractivity contribution >= 4 is 5.84 Å². The standard InChI is InChI=1S/C11H18N4/c1-2-6-12-11(5-1)13-7-3-9-15-10-4-8-14-15/h4,8,10H,1-3,5-7,9H2,(H,12,13). The van der Waals surface area contributed by atoms with Crippen molar-refractivity contribution in [2.45, 2.75) is 32.2 Å². The molecule has 0 spiro atoms. The Bertz CT molecular complexity index is 302. The van der Waals surface area contributed by atoms with Crippen LogP contribution in [0.5, 0.6) is 0 Å². The van der Waals surface area contributed by atoms with Gasteiger partial charge in [-0.15, -0.1) is 0 Å². The summed E-state index contributed by atoms with van der Waals surface area (Å²) in [7, 11) is 0. The lowest BCUT2D eigenvalue weighted by atomic mass is 10.2. The third-order valence-electron chi connectivity index (χ3n) is 2.58. The summed E-state index contributed by atoms with van der Waals surface area (Å²) in [6.45, 7) is 2.98. The molecule has 0 aliphatic carbocycles. The number of aliphatic imine (C=N–C) groups is 1. The second-order valence-corrected chi connectivity index (χ2v) is 3.83. The average molecular weight is 206 g/mol. The number of aromatic nitrogens is 2. The Morgan fingerprint density at radius 2 is 2.40 bits per heavy atom. The van der Waals surface area contributed by atoms with E-state index in [1.165, 1.54) is 18.7 Å². The van der Waals surface area contributed by atoms with Crippen LogP contribution in [0.3, 0.4) is 0 Å². The van der Waals surface area contributed by atoms with Crippen LogP contribution in [0.15, 0.2) is 23.5 Å². The summed E-state index contributed by atoms with van der Waals surface area (Å²) in [5.41, 5.74) is 0. The van der Waals surface area contributed by atoms with Gasteiger partial charge in [0.05, 0.1) is 5.84 Å². The van der Waals surface area contributed by atoms with E-state index in [0.29, 0.717) is 0 Å². The highest BCUT2D eigenvalue weighted by Crippen LogP contribution is 2.03. The molecular formula is C11H18N4. The maximum atomic E-state index is 4.45. The Balaban J connectivity index is 1.60. The molecule has 4 heteroatoms. The van der Waals surface area contributed by atoms with E-state index in [2.05, 4.69) is 15.4 Å². The minimum Gasteiger partial charge on any atom is -0.374 e. The lowest BCUT2D eigenvalue weighted by Gasteiger charge is -2.13. The zero-order valence-electron chi connectivity index (χ0n) is 9.02. The molecule has 4 nitrogen and oxygen atoms in total. The van der Waals surface area contributed by atoms with Gasteiger partial charge in [-0.1, -0.05) is 0 Å². The Hall–Kier alpha value is -1.32. The van der Waals surface area contributed by atoms with Gasteiger partial charge in [-0.25, -0.2) is 0 Å². The number of aryl methyl sites for hydroxylation is 1. The number of hydrogen-bond acceptors (Lipinski definition) is 3. The highest BCUT2D eigenvalue weighted by Gasteiger charge is 2.03. The first kappa shape index (κ1) is 10.2. The van der Waals surface area contributed by atoms with Crippen molar-refractivity contribution in [2.75, 3.05) is 13.1 Å². The number of nitrogens with zero attached hydrogens (tertiary/aromatic N) is 3. The van der Waals surface area contributed by atoms with Crippen molar-refractivity contribution in [1.82, 2.24) is 15.1 Å². The van der Waals surface area contributed by atoms with Crippen molar-refractivity contribution in [3.05, 3.63) is 18.5 Å². The van der Waals surface area contributed by atoms with Crippen molar-refractivity contribution in [1.29, 1.82) is 0 Å². The van der Waals surface area contributed by atoms with Crippen LogP contribution in [0.2, 0.25) is 0 Å². The SMILES string of the molecule is c1cnn(CCCNC2=NCCCC2)c1. The fourth-order valence-electron chi connectivity index (χ4n) is 1.75. The zero-order chi connectivity index (χ0) is 10.3. The molecule has 0 unspecified atom stereocenters. The van der Waals surface area contributed by atoms with E-state index < -0.39 is 0 Å². The molecule has 2 rings (SSSR count). The van der Waals surface area contributed by atoms with Gasteiger partial charge in [0.1, 0.15) is 0 Å². The summed E-state index contributed by atoms with van der Waals surface area (Å²) in [5, 5.41) is 7.55. The Labute approximate surface area is 90.4 Å².